The van der Waals surface area contributed by atoms with E-state index in [0.29, 0.717) is 8.67 Å². The van der Waals surface area contributed by atoms with Crippen molar-refractivity contribution in [1.29, 1.82) is 0 Å². The summed E-state index contributed by atoms with van der Waals surface area (Å²) in [5.74, 6) is -0.225. The van der Waals surface area contributed by atoms with Crippen LogP contribution in [-0.4, -0.2) is 0 Å². The zero-order valence-corrected chi connectivity index (χ0v) is 12.9. The molecule has 1 N–H and O–H groups in total. The van der Waals surface area contributed by atoms with E-state index in [1.165, 1.54) is 23.5 Å². The quantitative estimate of drug-likeness (QED) is 0.773. The number of halogens is 3. The molecule has 0 radical (unpaired) electrons. The van der Waals surface area contributed by atoms with Crippen LogP contribution in [0, 0.1) is 5.82 Å². The fourth-order valence-electron chi connectivity index (χ4n) is 1.96. The summed E-state index contributed by atoms with van der Waals surface area (Å²) in [6.07, 6.45) is 0. The monoisotopic (exact) mass is 317 g/mol. The lowest BCUT2D eigenvalue weighted by Crippen LogP contribution is -2.22. The van der Waals surface area contributed by atoms with Crippen LogP contribution in [-0.2, 0) is 0 Å². The molecule has 0 aliphatic carbocycles. The highest BCUT2D eigenvalue weighted by Crippen LogP contribution is 2.35. The van der Waals surface area contributed by atoms with E-state index in [9.17, 15) is 4.39 Å². The van der Waals surface area contributed by atoms with Gasteiger partial charge >= 0.3 is 0 Å². The van der Waals surface area contributed by atoms with E-state index in [0.717, 1.165) is 11.1 Å². The van der Waals surface area contributed by atoms with Gasteiger partial charge in [0.2, 0.25) is 0 Å². The molecule has 0 bridgehead atoms. The van der Waals surface area contributed by atoms with Crippen LogP contribution in [0.25, 0.3) is 0 Å². The zero-order valence-electron chi connectivity index (χ0n) is 10.6. The average molecular weight is 318 g/mol. The molecule has 0 aliphatic heterocycles. The van der Waals surface area contributed by atoms with Crippen molar-refractivity contribution in [2.24, 2.45) is 0 Å². The van der Waals surface area contributed by atoms with Crippen LogP contribution in [0.4, 0.5) is 4.39 Å². The van der Waals surface area contributed by atoms with Crippen molar-refractivity contribution >= 4 is 34.5 Å². The van der Waals surface area contributed by atoms with Gasteiger partial charge in [-0.1, -0.05) is 35.3 Å². The van der Waals surface area contributed by atoms with E-state index in [1.54, 1.807) is 12.1 Å². The lowest BCUT2D eigenvalue weighted by atomic mass is 10.1. The molecular formula is C14H14Cl2FNS. The van der Waals surface area contributed by atoms with E-state index in [4.69, 9.17) is 23.2 Å². The normalized spacial score (nSPS) is 14.4. The SMILES string of the molecule is CC(N[C@@H](C)c1ccc(F)cc1)c1cc(Cl)sc1Cl. The maximum absolute atomic E-state index is 12.9. The number of thiophene rings is 1. The van der Waals surface area contributed by atoms with Crippen LogP contribution >= 0.6 is 34.5 Å². The summed E-state index contributed by atoms with van der Waals surface area (Å²) in [6.45, 7) is 4.07. The van der Waals surface area contributed by atoms with Gasteiger partial charge in [-0.25, -0.2) is 4.39 Å². The molecule has 1 heterocycles. The Hall–Kier alpha value is -0.610. The second-order valence-electron chi connectivity index (χ2n) is 4.44. The number of hydrogen-bond acceptors (Lipinski definition) is 2. The lowest BCUT2D eigenvalue weighted by Gasteiger charge is -2.20. The molecule has 0 amide bonds. The van der Waals surface area contributed by atoms with E-state index < -0.39 is 0 Å². The molecule has 19 heavy (non-hydrogen) atoms. The maximum Gasteiger partial charge on any atom is 0.123 e. The fraction of sp³-hybridized carbons (Fsp3) is 0.286. The highest BCUT2D eigenvalue weighted by Gasteiger charge is 2.16. The first-order valence-corrected chi connectivity index (χ1v) is 7.51. The van der Waals surface area contributed by atoms with Gasteiger partial charge in [0.05, 0.1) is 8.67 Å². The minimum absolute atomic E-state index is 0.0799. The summed E-state index contributed by atoms with van der Waals surface area (Å²) in [5, 5.41) is 3.43. The minimum atomic E-state index is -0.225. The number of benzene rings is 1. The molecule has 0 saturated heterocycles. The van der Waals surface area contributed by atoms with E-state index in [2.05, 4.69) is 5.32 Å². The molecule has 2 atom stereocenters. The third-order valence-electron chi connectivity index (χ3n) is 3.02. The standard InChI is InChI=1S/C14H14Cl2FNS/c1-8(10-3-5-11(17)6-4-10)18-9(2)12-7-13(15)19-14(12)16/h3-9,18H,1-2H3/t8-,9?/m0/s1. The Morgan fingerprint density at radius 2 is 1.74 bits per heavy atom. The first kappa shape index (κ1) is 14.8. The van der Waals surface area contributed by atoms with Gasteiger partial charge in [-0.15, -0.1) is 11.3 Å². The third kappa shape index (κ3) is 3.69. The maximum atomic E-state index is 12.9. The van der Waals surface area contributed by atoms with Crippen LogP contribution in [0.5, 0.6) is 0 Å². The molecule has 102 valence electrons. The Kier molecular flexibility index (Phi) is 4.85. The molecular weight excluding hydrogens is 304 g/mol. The molecule has 1 unspecified atom stereocenters. The summed E-state index contributed by atoms with van der Waals surface area (Å²) < 4.78 is 14.3. The van der Waals surface area contributed by atoms with Crippen LogP contribution in [0.2, 0.25) is 8.67 Å². The van der Waals surface area contributed by atoms with Crippen molar-refractivity contribution in [3.63, 3.8) is 0 Å². The largest absolute Gasteiger partial charge is 0.304 e. The Balaban J connectivity index is 2.08. The lowest BCUT2D eigenvalue weighted by molar-refractivity contribution is 0.495. The number of nitrogens with one attached hydrogen (secondary N) is 1. The minimum Gasteiger partial charge on any atom is -0.304 e. The highest BCUT2D eigenvalue weighted by molar-refractivity contribution is 7.20. The average Bonchev–Trinajstić information content (AvgIpc) is 2.69. The topological polar surface area (TPSA) is 12.0 Å². The van der Waals surface area contributed by atoms with Crippen molar-refractivity contribution < 1.29 is 4.39 Å². The molecule has 1 nitrogen and oxygen atoms in total. The molecule has 2 aromatic rings. The van der Waals surface area contributed by atoms with Crippen LogP contribution in [0.1, 0.15) is 37.1 Å². The first-order valence-electron chi connectivity index (χ1n) is 5.93. The van der Waals surface area contributed by atoms with Crippen molar-refractivity contribution in [2.75, 3.05) is 0 Å². The molecule has 2 rings (SSSR count). The molecule has 1 aromatic carbocycles. The first-order chi connectivity index (χ1) is 8.97. The van der Waals surface area contributed by atoms with Gasteiger partial charge in [0.25, 0.3) is 0 Å². The van der Waals surface area contributed by atoms with Crippen molar-refractivity contribution in [3.8, 4) is 0 Å². The van der Waals surface area contributed by atoms with E-state index in [-0.39, 0.29) is 17.9 Å². The van der Waals surface area contributed by atoms with Crippen LogP contribution in [0.3, 0.4) is 0 Å². The third-order valence-corrected chi connectivity index (χ3v) is 4.54. The molecule has 0 saturated carbocycles. The second-order valence-corrected chi connectivity index (χ2v) is 6.73. The summed E-state index contributed by atoms with van der Waals surface area (Å²) in [6, 6.07) is 8.55. The predicted molar refractivity (Wildman–Crippen MR) is 80.7 cm³/mol. The molecule has 5 heteroatoms. The fourth-order valence-corrected chi connectivity index (χ4v) is 3.61. The van der Waals surface area contributed by atoms with Gasteiger partial charge in [-0.05, 0) is 43.2 Å². The van der Waals surface area contributed by atoms with Crippen LogP contribution in [0.15, 0.2) is 30.3 Å². The molecule has 0 spiro atoms. The van der Waals surface area contributed by atoms with Gasteiger partial charge in [0, 0.05) is 12.1 Å². The Morgan fingerprint density at radius 3 is 2.26 bits per heavy atom. The zero-order chi connectivity index (χ0) is 14.0. The van der Waals surface area contributed by atoms with E-state index >= 15 is 0 Å². The second kappa shape index (κ2) is 6.23. The van der Waals surface area contributed by atoms with Gasteiger partial charge in [-0.3, -0.25) is 0 Å². The van der Waals surface area contributed by atoms with Gasteiger partial charge in [0.15, 0.2) is 0 Å². The summed E-state index contributed by atoms with van der Waals surface area (Å²) >= 11 is 13.4. The summed E-state index contributed by atoms with van der Waals surface area (Å²) in [5.41, 5.74) is 2.02. The Bertz CT molecular complexity index is 553. The van der Waals surface area contributed by atoms with Gasteiger partial charge in [-0.2, -0.15) is 0 Å². The number of rotatable bonds is 4. The Labute approximate surface area is 126 Å². The Morgan fingerprint density at radius 1 is 1.11 bits per heavy atom. The highest BCUT2D eigenvalue weighted by atomic mass is 35.5. The van der Waals surface area contributed by atoms with Gasteiger partial charge < -0.3 is 5.32 Å². The predicted octanol–water partition coefficient (Wildman–Crippen LogP) is 5.61. The summed E-state index contributed by atoms with van der Waals surface area (Å²) in [7, 11) is 0. The van der Waals surface area contributed by atoms with Gasteiger partial charge in [0.1, 0.15) is 5.82 Å². The molecule has 0 aliphatic rings. The van der Waals surface area contributed by atoms with Crippen molar-refractivity contribution in [3.05, 3.63) is 55.9 Å². The van der Waals surface area contributed by atoms with Crippen molar-refractivity contribution in [1.82, 2.24) is 5.32 Å². The van der Waals surface area contributed by atoms with Crippen molar-refractivity contribution in [2.45, 2.75) is 25.9 Å². The summed E-state index contributed by atoms with van der Waals surface area (Å²) in [4.78, 5) is 0. The smallest absolute Gasteiger partial charge is 0.123 e. The number of hydrogen-bond donors (Lipinski definition) is 1. The molecule has 0 fully saturated rings. The van der Waals surface area contributed by atoms with Crippen LogP contribution < -0.4 is 5.32 Å². The molecule has 1 aromatic heterocycles. The van der Waals surface area contributed by atoms with E-state index in [1.807, 2.05) is 19.9 Å².